The molecule has 5 nitrogen and oxygen atoms in total. The zero-order valence-corrected chi connectivity index (χ0v) is 14.8. The van der Waals surface area contributed by atoms with Gasteiger partial charge in [-0.25, -0.2) is 10.2 Å². The van der Waals surface area contributed by atoms with E-state index in [1.807, 2.05) is 42.6 Å². The molecule has 3 N–H and O–H groups in total. The summed E-state index contributed by atoms with van der Waals surface area (Å²) in [6.45, 7) is 4.73. The number of thiophene rings is 1. The van der Waals surface area contributed by atoms with Gasteiger partial charge in [-0.05, 0) is 30.4 Å². The molecule has 6 heteroatoms. The summed E-state index contributed by atoms with van der Waals surface area (Å²) in [4.78, 5) is 24.5. The highest BCUT2D eigenvalue weighted by atomic mass is 32.1. The molecule has 24 heavy (non-hydrogen) atoms. The van der Waals surface area contributed by atoms with Crippen LogP contribution in [0.25, 0.3) is 11.1 Å². The zero-order valence-electron chi connectivity index (χ0n) is 14.0. The quantitative estimate of drug-likeness (QED) is 0.549. The lowest BCUT2D eigenvalue weighted by Crippen LogP contribution is -2.47. The fourth-order valence-electron chi connectivity index (χ4n) is 2.24. The van der Waals surface area contributed by atoms with Crippen molar-refractivity contribution in [1.82, 2.24) is 16.2 Å². The van der Waals surface area contributed by atoms with Gasteiger partial charge in [-0.15, -0.1) is 11.3 Å². The predicted molar refractivity (Wildman–Crippen MR) is 98.0 cm³/mol. The summed E-state index contributed by atoms with van der Waals surface area (Å²) in [6.07, 6.45) is 3.10. The van der Waals surface area contributed by atoms with Crippen molar-refractivity contribution in [3.05, 3.63) is 46.2 Å². The SMILES string of the molecule is CCCCCNC(=O)NNC(=O)c1sccc1-c1ccc(C)cc1. The molecule has 2 aromatic rings. The average molecular weight is 345 g/mol. The number of hydrazine groups is 1. The highest BCUT2D eigenvalue weighted by Gasteiger charge is 2.15. The molecule has 128 valence electrons. The van der Waals surface area contributed by atoms with Gasteiger partial charge in [-0.3, -0.25) is 10.2 Å². The van der Waals surface area contributed by atoms with Crippen molar-refractivity contribution < 1.29 is 9.59 Å². The zero-order chi connectivity index (χ0) is 17.4. The number of aryl methyl sites for hydroxylation is 1. The number of hydrogen-bond donors (Lipinski definition) is 3. The van der Waals surface area contributed by atoms with Crippen molar-refractivity contribution in [3.8, 4) is 11.1 Å². The van der Waals surface area contributed by atoms with Crippen molar-refractivity contribution in [3.63, 3.8) is 0 Å². The molecule has 1 aromatic carbocycles. The average Bonchev–Trinajstić information content (AvgIpc) is 3.07. The van der Waals surface area contributed by atoms with Crippen LogP contribution in [0.1, 0.15) is 41.4 Å². The Labute approximate surface area is 146 Å². The van der Waals surface area contributed by atoms with Crippen molar-refractivity contribution in [2.45, 2.75) is 33.1 Å². The molecule has 3 amide bonds. The molecule has 2 rings (SSSR count). The van der Waals surface area contributed by atoms with Crippen LogP contribution in [0.3, 0.4) is 0 Å². The van der Waals surface area contributed by atoms with E-state index >= 15 is 0 Å². The van der Waals surface area contributed by atoms with Gasteiger partial charge in [-0.1, -0.05) is 49.6 Å². The minimum absolute atomic E-state index is 0.315. The first kappa shape index (κ1) is 18.0. The van der Waals surface area contributed by atoms with Crippen LogP contribution in [0, 0.1) is 6.92 Å². The van der Waals surface area contributed by atoms with E-state index in [-0.39, 0.29) is 5.91 Å². The number of rotatable bonds is 6. The first-order chi connectivity index (χ1) is 11.6. The summed E-state index contributed by atoms with van der Waals surface area (Å²) in [5, 5.41) is 4.58. The number of urea groups is 1. The number of hydrogen-bond acceptors (Lipinski definition) is 3. The number of carbonyl (C=O) groups excluding carboxylic acids is 2. The summed E-state index contributed by atoms with van der Waals surface area (Å²) in [5.41, 5.74) is 7.86. The molecule has 0 aliphatic carbocycles. The molecular formula is C18H23N3O2S. The minimum Gasteiger partial charge on any atom is -0.337 e. The lowest BCUT2D eigenvalue weighted by atomic mass is 10.1. The molecule has 0 fully saturated rings. The Kier molecular flexibility index (Phi) is 6.81. The van der Waals surface area contributed by atoms with Crippen LogP contribution in [0.4, 0.5) is 4.79 Å². The summed E-state index contributed by atoms with van der Waals surface area (Å²) in [7, 11) is 0. The lowest BCUT2D eigenvalue weighted by molar-refractivity contribution is 0.0941. The fourth-order valence-corrected chi connectivity index (χ4v) is 3.05. The summed E-state index contributed by atoms with van der Waals surface area (Å²) in [5.74, 6) is -0.315. The van der Waals surface area contributed by atoms with E-state index in [9.17, 15) is 9.59 Å². The number of benzene rings is 1. The standard InChI is InChI=1S/C18H23N3O2S/c1-3-4-5-11-19-18(23)21-20-17(22)16-15(10-12-24-16)14-8-6-13(2)7-9-14/h6-10,12H,3-5,11H2,1-2H3,(H,20,22)(H2,19,21,23). The fraction of sp³-hybridized carbons (Fsp3) is 0.333. The molecule has 0 aliphatic rings. The first-order valence-corrected chi connectivity index (χ1v) is 8.98. The van der Waals surface area contributed by atoms with E-state index in [4.69, 9.17) is 0 Å². The van der Waals surface area contributed by atoms with E-state index in [1.54, 1.807) is 0 Å². The van der Waals surface area contributed by atoms with Crippen LogP contribution in [-0.2, 0) is 0 Å². The van der Waals surface area contributed by atoms with Crippen LogP contribution < -0.4 is 16.2 Å². The van der Waals surface area contributed by atoms with Crippen LogP contribution in [0.2, 0.25) is 0 Å². The largest absolute Gasteiger partial charge is 0.337 e. The molecule has 0 unspecified atom stereocenters. The molecule has 0 saturated heterocycles. The second-order valence-electron chi connectivity index (χ2n) is 5.57. The Bertz CT molecular complexity index is 680. The van der Waals surface area contributed by atoms with E-state index in [1.165, 1.54) is 16.9 Å². The van der Waals surface area contributed by atoms with Crippen LogP contribution in [0.5, 0.6) is 0 Å². The lowest BCUT2D eigenvalue weighted by Gasteiger charge is -2.09. The molecular weight excluding hydrogens is 322 g/mol. The van der Waals surface area contributed by atoms with E-state index in [2.05, 4.69) is 23.1 Å². The number of unbranched alkanes of at least 4 members (excludes halogenated alkanes) is 2. The third-order valence-electron chi connectivity index (χ3n) is 3.59. The predicted octanol–water partition coefficient (Wildman–Crippen LogP) is 3.86. The van der Waals surface area contributed by atoms with E-state index in [0.717, 1.165) is 30.4 Å². The van der Waals surface area contributed by atoms with Gasteiger partial charge in [-0.2, -0.15) is 0 Å². The Balaban J connectivity index is 1.90. The third kappa shape index (κ3) is 5.09. The summed E-state index contributed by atoms with van der Waals surface area (Å²) in [6, 6.07) is 9.51. The van der Waals surface area contributed by atoms with E-state index in [0.29, 0.717) is 11.4 Å². The first-order valence-electron chi connectivity index (χ1n) is 8.10. The molecule has 0 bridgehead atoms. The van der Waals surface area contributed by atoms with E-state index < -0.39 is 6.03 Å². The van der Waals surface area contributed by atoms with Gasteiger partial charge in [0.25, 0.3) is 5.91 Å². The maximum absolute atomic E-state index is 12.3. The smallest absolute Gasteiger partial charge is 0.333 e. The third-order valence-corrected chi connectivity index (χ3v) is 4.50. The molecule has 0 saturated carbocycles. The molecule has 0 aliphatic heterocycles. The van der Waals surface area contributed by atoms with Crippen LogP contribution in [-0.4, -0.2) is 18.5 Å². The van der Waals surface area contributed by atoms with Crippen molar-refractivity contribution >= 4 is 23.3 Å². The van der Waals surface area contributed by atoms with Gasteiger partial charge in [0.15, 0.2) is 0 Å². The normalized spacial score (nSPS) is 10.2. The summed E-state index contributed by atoms with van der Waals surface area (Å²) < 4.78 is 0. The highest BCUT2D eigenvalue weighted by molar-refractivity contribution is 7.12. The van der Waals surface area contributed by atoms with Crippen molar-refractivity contribution in [1.29, 1.82) is 0 Å². The number of carbonyl (C=O) groups is 2. The van der Waals surface area contributed by atoms with Crippen LogP contribution in [0.15, 0.2) is 35.7 Å². The second-order valence-corrected chi connectivity index (χ2v) is 6.49. The van der Waals surface area contributed by atoms with Crippen LogP contribution >= 0.6 is 11.3 Å². The topological polar surface area (TPSA) is 70.2 Å². The molecule has 1 heterocycles. The maximum atomic E-state index is 12.3. The Hall–Kier alpha value is -2.34. The highest BCUT2D eigenvalue weighted by Crippen LogP contribution is 2.28. The second kappa shape index (κ2) is 9.08. The van der Waals surface area contributed by atoms with Gasteiger partial charge >= 0.3 is 6.03 Å². The Morgan fingerprint density at radius 3 is 2.50 bits per heavy atom. The molecule has 0 atom stereocenters. The monoisotopic (exact) mass is 345 g/mol. The summed E-state index contributed by atoms with van der Waals surface area (Å²) >= 11 is 1.35. The number of amides is 3. The van der Waals surface area contributed by atoms with Gasteiger partial charge in [0, 0.05) is 12.1 Å². The van der Waals surface area contributed by atoms with Gasteiger partial charge < -0.3 is 5.32 Å². The van der Waals surface area contributed by atoms with Crippen molar-refractivity contribution in [2.75, 3.05) is 6.54 Å². The molecule has 0 spiro atoms. The van der Waals surface area contributed by atoms with Gasteiger partial charge in [0.05, 0.1) is 0 Å². The van der Waals surface area contributed by atoms with Gasteiger partial charge in [0.2, 0.25) is 0 Å². The Morgan fingerprint density at radius 2 is 1.79 bits per heavy atom. The van der Waals surface area contributed by atoms with Gasteiger partial charge in [0.1, 0.15) is 4.88 Å². The molecule has 1 aromatic heterocycles. The molecule has 0 radical (unpaired) electrons. The maximum Gasteiger partial charge on any atom is 0.333 e. The van der Waals surface area contributed by atoms with Crippen molar-refractivity contribution in [2.24, 2.45) is 0 Å². The minimum atomic E-state index is -0.395. The number of nitrogens with one attached hydrogen (secondary N) is 3. The Morgan fingerprint density at radius 1 is 1.04 bits per heavy atom.